The van der Waals surface area contributed by atoms with Gasteiger partial charge in [-0.25, -0.2) is 19.5 Å². The van der Waals surface area contributed by atoms with Gasteiger partial charge < -0.3 is 55.8 Å². The van der Waals surface area contributed by atoms with Crippen molar-refractivity contribution in [3.8, 4) is 0 Å². The van der Waals surface area contributed by atoms with Crippen LogP contribution in [0, 0.1) is 0 Å². The average molecular weight is 581 g/mol. The first-order valence-electron chi connectivity index (χ1n) is 11.9. The van der Waals surface area contributed by atoms with E-state index in [9.17, 15) is 40.1 Å². The average Bonchev–Trinajstić information content (AvgIpc) is 3.44. The van der Waals surface area contributed by atoms with Gasteiger partial charge >= 0.3 is 7.82 Å². The van der Waals surface area contributed by atoms with E-state index < -0.39 is 88.3 Å². The molecule has 0 aliphatic carbocycles. The fourth-order valence-electron chi connectivity index (χ4n) is 4.54. The van der Waals surface area contributed by atoms with Crippen LogP contribution in [0.3, 0.4) is 0 Å². The zero-order valence-electron chi connectivity index (χ0n) is 20.6. The van der Waals surface area contributed by atoms with Crippen molar-refractivity contribution in [2.24, 2.45) is 0 Å². The summed E-state index contributed by atoms with van der Waals surface area (Å²) in [6.45, 7) is -0.112. The number of phosphoric acid groups is 1. The Morgan fingerprint density at radius 2 is 1.74 bits per heavy atom. The van der Waals surface area contributed by atoms with E-state index in [1.54, 1.807) is 0 Å². The molecule has 2 saturated heterocycles. The topological polar surface area (TPSA) is 285 Å². The molecule has 2 fully saturated rings. The van der Waals surface area contributed by atoms with Gasteiger partial charge in [0, 0.05) is 6.42 Å². The molecule has 0 spiro atoms. The second kappa shape index (κ2) is 11.9. The minimum atomic E-state index is -4.80. The number of phosphoric ester groups is 1. The molecule has 2 aliphatic rings. The van der Waals surface area contributed by atoms with Crippen molar-refractivity contribution in [2.75, 3.05) is 18.9 Å². The summed E-state index contributed by atoms with van der Waals surface area (Å²) in [4.78, 5) is 22.1. The van der Waals surface area contributed by atoms with Crippen LogP contribution in [-0.2, 0) is 23.1 Å². The largest absolute Gasteiger partial charge is 0.472 e. The molecule has 4 rings (SSSR count). The van der Waals surface area contributed by atoms with Gasteiger partial charge in [-0.05, 0) is 6.92 Å². The first kappa shape index (κ1) is 30.1. The van der Waals surface area contributed by atoms with E-state index in [1.807, 2.05) is 0 Å². The van der Waals surface area contributed by atoms with Crippen molar-refractivity contribution < 1.29 is 63.7 Å². The van der Waals surface area contributed by atoms with Crippen molar-refractivity contribution in [3.05, 3.63) is 12.7 Å². The first-order chi connectivity index (χ1) is 18.3. The fourth-order valence-corrected chi connectivity index (χ4v) is 5.48. The SMILES string of the molecule is C[C@H](CC1O[C@H]([C@H](O)CO)[C@@H](O)[C@H](O)[C@@H]1O)OP(=O)(O)OC[C@H]1O[C@@H](n2cnc3c(N)ncnc32)[C@H](O)[C@@H]1O. The predicted molar refractivity (Wildman–Crippen MR) is 126 cm³/mol. The number of nitrogens with two attached hydrogens (primary N) is 1. The van der Waals surface area contributed by atoms with Crippen LogP contribution in [0.15, 0.2) is 12.7 Å². The number of nitrogen functional groups attached to an aromatic ring is 1. The molecule has 0 amide bonds. The molecule has 0 radical (unpaired) electrons. The molecule has 18 nitrogen and oxygen atoms in total. The number of rotatable bonds is 10. The highest BCUT2D eigenvalue weighted by molar-refractivity contribution is 7.47. The highest BCUT2D eigenvalue weighted by Gasteiger charge is 2.48. The molecule has 19 heteroatoms. The summed E-state index contributed by atoms with van der Waals surface area (Å²) in [5.74, 6) is 0.0936. The van der Waals surface area contributed by atoms with Crippen LogP contribution in [0.4, 0.5) is 5.82 Å². The lowest BCUT2D eigenvalue weighted by Gasteiger charge is -2.42. The normalized spacial score (nSPS) is 36.6. The molecule has 0 aromatic carbocycles. The van der Waals surface area contributed by atoms with E-state index in [0.29, 0.717) is 0 Å². The van der Waals surface area contributed by atoms with E-state index in [0.717, 1.165) is 0 Å². The van der Waals surface area contributed by atoms with Crippen LogP contribution in [0.5, 0.6) is 0 Å². The van der Waals surface area contributed by atoms with Gasteiger partial charge in [-0.3, -0.25) is 13.6 Å². The first-order valence-corrected chi connectivity index (χ1v) is 13.4. The zero-order valence-corrected chi connectivity index (χ0v) is 21.5. The number of aromatic nitrogens is 4. The summed E-state index contributed by atoms with van der Waals surface area (Å²) in [6.07, 6.45) is -13.7. The Kier molecular flexibility index (Phi) is 9.18. The van der Waals surface area contributed by atoms with E-state index in [1.165, 1.54) is 24.1 Å². The molecule has 2 unspecified atom stereocenters. The third kappa shape index (κ3) is 6.23. The van der Waals surface area contributed by atoms with Gasteiger partial charge in [0.25, 0.3) is 0 Å². The lowest BCUT2D eigenvalue weighted by atomic mass is 9.90. The summed E-state index contributed by atoms with van der Waals surface area (Å²) in [5, 5.41) is 70.2. The number of imidazole rings is 1. The standard InChI is InChI=1S/C20H32N5O13P/c1-7(2-9-12(28)14(30)15(31)17(36-9)8(27)3-26)38-39(33,34)35-4-10-13(29)16(32)20(37-10)25-6-24-11-18(21)22-5-23-19(11)25/h5-10,12-17,20,26-32H,2-4H2,1H3,(H,33,34)(H2,21,22,23)/t7-,8-,9?,10-,12-,13-,14-,15+,16-,17-,20-/m1/s1. The number of aliphatic hydroxyl groups is 7. The van der Waals surface area contributed by atoms with Crippen molar-refractivity contribution in [3.63, 3.8) is 0 Å². The minimum Gasteiger partial charge on any atom is -0.394 e. The summed E-state index contributed by atoms with van der Waals surface area (Å²) < 4.78 is 34.9. The van der Waals surface area contributed by atoms with Gasteiger partial charge in [0.1, 0.15) is 60.7 Å². The highest BCUT2D eigenvalue weighted by Crippen LogP contribution is 2.46. The maximum Gasteiger partial charge on any atom is 0.472 e. The van der Waals surface area contributed by atoms with Gasteiger partial charge in [-0.2, -0.15) is 0 Å². The van der Waals surface area contributed by atoms with Crippen molar-refractivity contribution in [1.82, 2.24) is 19.5 Å². The third-order valence-corrected chi connectivity index (χ3v) is 7.69. The Morgan fingerprint density at radius 3 is 2.44 bits per heavy atom. The molecule has 0 saturated carbocycles. The zero-order chi connectivity index (χ0) is 28.6. The van der Waals surface area contributed by atoms with Crippen LogP contribution >= 0.6 is 7.82 Å². The second-order valence-electron chi connectivity index (χ2n) is 9.41. The lowest BCUT2D eigenvalue weighted by Crippen LogP contribution is -2.61. The molecular formula is C20H32N5O13P. The van der Waals surface area contributed by atoms with Crippen LogP contribution < -0.4 is 5.73 Å². The minimum absolute atomic E-state index is 0.0936. The van der Waals surface area contributed by atoms with Crippen LogP contribution in [0.25, 0.3) is 11.2 Å². The van der Waals surface area contributed by atoms with E-state index >= 15 is 0 Å². The van der Waals surface area contributed by atoms with Gasteiger partial charge in [-0.1, -0.05) is 0 Å². The second-order valence-corrected chi connectivity index (χ2v) is 10.8. The molecule has 4 heterocycles. The monoisotopic (exact) mass is 581 g/mol. The van der Waals surface area contributed by atoms with Gasteiger partial charge in [0.15, 0.2) is 17.7 Å². The van der Waals surface area contributed by atoms with Gasteiger partial charge in [0.2, 0.25) is 0 Å². The smallest absolute Gasteiger partial charge is 0.394 e. The Morgan fingerprint density at radius 1 is 1.05 bits per heavy atom. The van der Waals surface area contributed by atoms with Gasteiger partial charge in [0.05, 0.1) is 31.7 Å². The van der Waals surface area contributed by atoms with Crippen molar-refractivity contribution in [1.29, 1.82) is 0 Å². The quantitative estimate of drug-likeness (QED) is 0.121. The van der Waals surface area contributed by atoms with Crippen molar-refractivity contribution in [2.45, 2.75) is 80.6 Å². The Balaban J connectivity index is 1.34. The fraction of sp³-hybridized carbons (Fsp3) is 0.750. The summed E-state index contributed by atoms with van der Waals surface area (Å²) in [7, 11) is -4.80. The van der Waals surface area contributed by atoms with Crippen LogP contribution in [0.2, 0.25) is 0 Å². The molecule has 39 heavy (non-hydrogen) atoms. The number of fused-ring (bicyclic) bond motifs is 1. The third-order valence-electron chi connectivity index (χ3n) is 6.59. The Labute approximate surface area is 220 Å². The molecular weight excluding hydrogens is 549 g/mol. The van der Waals surface area contributed by atoms with Crippen LogP contribution in [0.1, 0.15) is 19.6 Å². The number of nitrogens with zero attached hydrogens (tertiary/aromatic N) is 4. The Hall–Kier alpha value is -1.90. The number of ether oxygens (including phenoxy) is 2. The number of anilines is 1. The number of aliphatic hydroxyl groups excluding tert-OH is 7. The molecule has 10 N–H and O–H groups in total. The van der Waals surface area contributed by atoms with Crippen LogP contribution in [-0.4, -0.2) is 134 Å². The molecule has 2 aromatic rings. The van der Waals surface area contributed by atoms with Crippen molar-refractivity contribution >= 4 is 24.8 Å². The number of hydrogen-bond acceptors (Lipinski definition) is 16. The maximum atomic E-state index is 12.5. The predicted octanol–water partition coefficient (Wildman–Crippen LogP) is -3.86. The van der Waals surface area contributed by atoms with Gasteiger partial charge in [-0.15, -0.1) is 0 Å². The van der Waals surface area contributed by atoms with E-state index in [2.05, 4.69) is 15.0 Å². The van der Waals surface area contributed by atoms with E-state index in [4.69, 9.17) is 29.4 Å². The molecule has 2 aromatic heterocycles. The summed E-state index contributed by atoms with van der Waals surface area (Å²) in [6, 6.07) is 0. The molecule has 2 aliphatic heterocycles. The summed E-state index contributed by atoms with van der Waals surface area (Å²) >= 11 is 0. The summed E-state index contributed by atoms with van der Waals surface area (Å²) in [5.41, 5.74) is 6.23. The van der Waals surface area contributed by atoms with E-state index in [-0.39, 0.29) is 23.4 Å². The highest BCUT2D eigenvalue weighted by atomic mass is 31.2. The maximum absolute atomic E-state index is 12.5. The lowest BCUT2D eigenvalue weighted by molar-refractivity contribution is -0.249. The molecule has 12 atom stereocenters. The Bertz CT molecular complexity index is 1170. The number of hydrogen-bond donors (Lipinski definition) is 9. The molecule has 220 valence electrons. The molecule has 0 bridgehead atoms.